The number of fused-ring (bicyclic) bond motifs is 1. The number of carbonyl (C=O) groups is 2. The molecule has 2 aromatic carbocycles. The lowest BCUT2D eigenvalue weighted by atomic mass is 9.86. The molecule has 6 nitrogen and oxygen atoms in total. The number of rotatable bonds is 4. The van der Waals surface area contributed by atoms with E-state index >= 15 is 0 Å². The first-order chi connectivity index (χ1) is 16.9. The van der Waals surface area contributed by atoms with Gasteiger partial charge in [0, 0.05) is 38.2 Å². The van der Waals surface area contributed by atoms with E-state index in [0.717, 1.165) is 17.5 Å². The number of hydrogen-bond acceptors (Lipinski definition) is 4. The fourth-order valence-corrected chi connectivity index (χ4v) is 5.61. The van der Waals surface area contributed by atoms with Gasteiger partial charge in [-0.25, -0.2) is 9.18 Å². The molecule has 2 aromatic rings. The molecule has 36 heavy (non-hydrogen) atoms. The second-order valence-electron chi connectivity index (χ2n) is 10.8. The highest BCUT2D eigenvalue weighted by molar-refractivity contribution is 6.30. The second-order valence-corrected chi connectivity index (χ2v) is 11.2. The Morgan fingerprint density at radius 2 is 1.78 bits per heavy atom. The van der Waals surface area contributed by atoms with Gasteiger partial charge < -0.3 is 14.5 Å². The van der Waals surface area contributed by atoms with Crippen molar-refractivity contribution in [2.75, 3.05) is 33.2 Å². The lowest BCUT2D eigenvalue weighted by Crippen LogP contribution is -2.61. The Balaban J connectivity index is 1.62. The zero-order valence-electron chi connectivity index (χ0n) is 21.7. The van der Waals surface area contributed by atoms with Crippen LogP contribution in [-0.4, -0.2) is 65.5 Å². The number of aryl methyl sites for hydroxylation is 1. The molecule has 0 bridgehead atoms. The average Bonchev–Trinajstić information content (AvgIpc) is 3.21. The van der Waals surface area contributed by atoms with Crippen molar-refractivity contribution in [2.24, 2.45) is 0 Å². The molecule has 2 atom stereocenters. The quantitative estimate of drug-likeness (QED) is 0.547. The maximum Gasteiger partial charge on any atom is 0.410 e. The Kier molecular flexibility index (Phi) is 7.35. The number of ether oxygens (including phenoxy) is 1. The van der Waals surface area contributed by atoms with Crippen molar-refractivity contribution in [2.45, 2.75) is 57.7 Å². The number of carbonyl (C=O) groups excluding carboxylic acids is 2. The normalized spacial score (nSPS) is 21.1. The Bertz CT molecular complexity index is 1120. The van der Waals surface area contributed by atoms with Crippen LogP contribution in [0.3, 0.4) is 0 Å². The Morgan fingerprint density at radius 3 is 2.42 bits per heavy atom. The number of halogens is 2. The van der Waals surface area contributed by atoms with E-state index in [1.165, 1.54) is 12.1 Å². The summed E-state index contributed by atoms with van der Waals surface area (Å²) in [6.45, 7) is 9.50. The van der Waals surface area contributed by atoms with Crippen LogP contribution >= 0.6 is 11.6 Å². The van der Waals surface area contributed by atoms with E-state index in [0.29, 0.717) is 43.2 Å². The minimum absolute atomic E-state index is 0.0361. The number of hydrogen-bond donors (Lipinski definition) is 0. The minimum atomic E-state index is -0.850. The summed E-state index contributed by atoms with van der Waals surface area (Å²) in [5.41, 5.74) is 1.41. The van der Waals surface area contributed by atoms with Gasteiger partial charge in [-0.1, -0.05) is 35.9 Å². The van der Waals surface area contributed by atoms with Gasteiger partial charge >= 0.3 is 6.09 Å². The third-order valence-corrected chi connectivity index (χ3v) is 7.53. The molecule has 1 aliphatic carbocycles. The van der Waals surface area contributed by atoms with Crippen LogP contribution in [0.1, 0.15) is 56.8 Å². The molecule has 8 heteroatoms. The highest BCUT2D eigenvalue weighted by Gasteiger charge is 2.52. The molecule has 4 rings (SSSR count). The molecule has 1 fully saturated rings. The monoisotopic (exact) mass is 515 g/mol. The topological polar surface area (TPSA) is 53.1 Å². The molecule has 0 N–H and O–H groups in total. The molecule has 0 spiro atoms. The van der Waals surface area contributed by atoms with Crippen LogP contribution < -0.4 is 0 Å². The Labute approximate surface area is 218 Å². The maximum absolute atomic E-state index is 14.4. The van der Waals surface area contributed by atoms with Crippen LogP contribution in [0.2, 0.25) is 5.02 Å². The number of amides is 2. The zero-order chi connectivity index (χ0) is 26.3. The first kappa shape index (κ1) is 26.4. The predicted octanol–water partition coefficient (Wildman–Crippen LogP) is 5.39. The molecule has 2 aliphatic rings. The van der Waals surface area contributed by atoms with Crippen LogP contribution in [0.15, 0.2) is 42.5 Å². The number of nitrogens with zero attached hydrogens (tertiary/aromatic N) is 3. The van der Waals surface area contributed by atoms with E-state index in [1.807, 2.05) is 45.9 Å². The number of piperazine rings is 1. The van der Waals surface area contributed by atoms with E-state index < -0.39 is 17.0 Å². The molecule has 1 saturated heterocycles. The summed E-state index contributed by atoms with van der Waals surface area (Å²) in [6.07, 6.45) is 1.11. The van der Waals surface area contributed by atoms with Gasteiger partial charge in [0.15, 0.2) is 0 Å². The lowest BCUT2D eigenvalue weighted by molar-refractivity contribution is -0.148. The number of benzene rings is 2. The van der Waals surface area contributed by atoms with Gasteiger partial charge in [-0.2, -0.15) is 0 Å². The molecule has 1 aliphatic heterocycles. The van der Waals surface area contributed by atoms with Gasteiger partial charge in [0.25, 0.3) is 0 Å². The van der Waals surface area contributed by atoms with Crippen molar-refractivity contribution >= 4 is 23.6 Å². The van der Waals surface area contributed by atoms with E-state index in [9.17, 15) is 14.0 Å². The van der Waals surface area contributed by atoms with Gasteiger partial charge in [-0.15, -0.1) is 0 Å². The third kappa shape index (κ3) is 5.09. The van der Waals surface area contributed by atoms with Gasteiger partial charge in [0.2, 0.25) is 5.91 Å². The van der Waals surface area contributed by atoms with Gasteiger partial charge in [0.05, 0.1) is 6.04 Å². The fourth-order valence-electron chi connectivity index (χ4n) is 5.38. The summed E-state index contributed by atoms with van der Waals surface area (Å²) in [7, 11) is 1.77. The summed E-state index contributed by atoms with van der Waals surface area (Å²) in [5.74, 6) is -0.463. The molecule has 194 valence electrons. The van der Waals surface area contributed by atoms with E-state index in [-0.39, 0.29) is 18.0 Å². The zero-order valence-corrected chi connectivity index (χ0v) is 22.4. The Morgan fingerprint density at radius 1 is 1.11 bits per heavy atom. The lowest BCUT2D eigenvalue weighted by Gasteiger charge is -2.47. The summed E-state index contributed by atoms with van der Waals surface area (Å²) in [4.78, 5) is 32.6. The Hall–Kier alpha value is -2.64. The largest absolute Gasteiger partial charge is 0.444 e. The summed E-state index contributed by atoms with van der Waals surface area (Å²) >= 11 is 6.11. The highest BCUT2D eigenvalue weighted by atomic mass is 35.5. The second kappa shape index (κ2) is 10.0. The fraction of sp³-hybridized carbons (Fsp3) is 0.500. The maximum atomic E-state index is 14.4. The van der Waals surface area contributed by atoms with Crippen molar-refractivity contribution in [3.8, 4) is 0 Å². The molecule has 2 amide bonds. The molecule has 0 radical (unpaired) electrons. The minimum Gasteiger partial charge on any atom is -0.444 e. The summed E-state index contributed by atoms with van der Waals surface area (Å²) in [5, 5.41) is 0.303. The molecule has 1 unspecified atom stereocenters. The van der Waals surface area contributed by atoms with Crippen LogP contribution in [0, 0.1) is 5.82 Å². The molecular formula is C28H35ClFN3O3. The van der Waals surface area contributed by atoms with Crippen LogP contribution in [0.5, 0.6) is 0 Å². The summed E-state index contributed by atoms with van der Waals surface area (Å²) in [6, 6.07) is 12.1. The smallest absolute Gasteiger partial charge is 0.410 e. The van der Waals surface area contributed by atoms with Crippen molar-refractivity contribution in [3.05, 3.63) is 70.0 Å². The van der Waals surface area contributed by atoms with Crippen molar-refractivity contribution in [1.29, 1.82) is 0 Å². The highest BCUT2D eigenvalue weighted by Crippen LogP contribution is 2.44. The van der Waals surface area contributed by atoms with Crippen molar-refractivity contribution < 1.29 is 18.7 Å². The molecule has 0 aromatic heterocycles. The summed E-state index contributed by atoms with van der Waals surface area (Å²) < 4.78 is 19.6. The molecule has 1 heterocycles. The number of likely N-dealkylation sites (N-methyl/N-ethyl adjacent to an activating group) is 1. The molecule has 0 saturated carbocycles. The van der Waals surface area contributed by atoms with Crippen LogP contribution in [0.4, 0.5) is 9.18 Å². The van der Waals surface area contributed by atoms with Crippen LogP contribution in [-0.2, 0) is 21.5 Å². The van der Waals surface area contributed by atoms with E-state index in [2.05, 4.69) is 11.0 Å². The first-order valence-corrected chi connectivity index (χ1v) is 12.8. The standard InChI is InChI=1S/C28H35ClFN3O3/c1-19(21-16-22(29)18-23(30)17-21)31(5)25(34)28(11-10-20-8-6-7-9-24(20)28)33-14-12-32(13-15-33)26(35)36-27(2,3)4/h6-9,16-19H,10-15H2,1-5H3/t19-,28?/m1/s1. The van der Waals surface area contributed by atoms with Gasteiger partial charge in [-0.05, 0) is 75.4 Å². The third-order valence-electron chi connectivity index (χ3n) is 7.31. The van der Waals surface area contributed by atoms with Crippen molar-refractivity contribution in [1.82, 2.24) is 14.7 Å². The average molecular weight is 516 g/mol. The van der Waals surface area contributed by atoms with Gasteiger partial charge in [0.1, 0.15) is 17.0 Å². The van der Waals surface area contributed by atoms with Gasteiger partial charge in [-0.3, -0.25) is 9.69 Å². The first-order valence-electron chi connectivity index (χ1n) is 12.5. The van der Waals surface area contributed by atoms with E-state index in [1.54, 1.807) is 22.9 Å². The van der Waals surface area contributed by atoms with Crippen molar-refractivity contribution in [3.63, 3.8) is 0 Å². The van der Waals surface area contributed by atoms with E-state index in [4.69, 9.17) is 16.3 Å². The molecular weight excluding hydrogens is 481 g/mol. The predicted molar refractivity (Wildman–Crippen MR) is 138 cm³/mol. The van der Waals surface area contributed by atoms with Crippen LogP contribution in [0.25, 0.3) is 0 Å². The SMILES string of the molecule is C[C@H](c1cc(F)cc(Cl)c1)N(C)C(=O)C1(N2CCN(C(=O)OC(C)(C)C)CC2)CCc2ccccc21.